The van der Waals surface area contributed by atoms with Gasteiger partial charge in [0.1, 0.15) is 0 Å². The highest BCUT2D eigenvalue weighted by Gasteiger charge is 2.33. The molecule has 0 aromatic heterocycles. The van der Waals surface area contributed by atoms with E-state index in [2.05, 4.69) is 5.32 Å². The molecule has 100 valence electrons. The van der Waals surface area contributed by atoms with Crippen molar-refractivity contribution in [3.63, 3.8) is 0 Å². The van der Waals surface area contributed by atoms with E-state index in [1.807, 2.05) is 0 Å². The van der Waals surface area contributed by atoms with E-state index in [4.69, 9.17) is 17.3 Å². The molecule has 0 aliphatic heterocycles. The topological polar surface area (TPSA) is 38.0 Å². The molecule has 2 aromatic rings. The third-order valence-electron chi connectivity index (χ3n) is 2.54. The minimum Gasteiger partial charge on any atom is -0.397 e. The van der Waals surface area contributed by atoms with E-state index in [-0.39, 0.29) is 22.1 Å². The second-order valence-corrected chi connectivity index (χ2v) is 4.28. The lowest BCUT2D eigenvalue weighted by Crippen LogP contribution is -2.09. The summed E-state index contributed by atoms with van der Waals surface area (Å²) in [5.41, 5.74) is 5.39. The first-order valence-electron chi connectivity index (χ1n) is 5.37. The summed E-state index contributed by atoms with van der Waals surface area (Å²) in [5.74, 6) is 0. The zero-order chi connectivity index (χ0) is 14.0. The van der Waals surface area contributed by atoms with Crippen LogP contribution in [0.15, 0.2) is 42.5 Å². The van der Waals surface area contributed by atoms with E-state index in [0.717, 1.165) is 6.07 Å². The van der Waals surface area contributed by atoms with E-state index >= 15 is 0 Å². The van der Waals surface area contributed by atoms with Crippen molar-refractivity contribution in [1.82, 2.24) is 0 Å². The zero-order valence-corrected chi connectivity index (χ0v) is 10.4. The summed E-state index contributed by atoms with van der Waals surface area (Å²) < 4.78 is 38.5. The van der Waals surface area contributed by atoms with Crippen molar-refractivity contribution in [2.24, 2.45) is 0 Å². The highest BCUT2D eigenvalue weighted by molar-refractivity contribution is 6.34. The number of para-hydroxylation sites is 2. The van der Waals surface area contributed by atoms with Crippen LogP contribution in [0.25, 0.3) is 0 Å². The molecule has 0 amide bonds. The maximum absolute atomic E-state index is 12.8. The van der Waals surface area contributed by atoms with Gasteiger partial charge in [-0.1, -0.05) is 29.8 Å². The minimum atomic E-state index is -4.44. The Morgan fingerprint density at radius 1 is 1.00 bits per heavy atom. The minimum absolute atomic E-state index is 0.0881. The molecule has 3 N–H and O–H groups in total. The summed E-state index contributed by atoms with van der Waals surface area (Å²) in [6.45, 7) is 0. The summed E-state index contributed by atoms with van der Waals surface area (Å²) in [6, 6.07) is 9.88. The van der Waals surface area contributed by atoms with E-state index in [9.17, 15) is 13.2 Å². The lowest BCUT2D eigenvalue weighted by Gasteiger charge is -2.16. The molecular weight excluding hydrogens is 277 g/mol. The fraction of sp³-hybridized carbons (Fsp3) is 0.0769. The van der Waals surface area contributed by atoms with Gasteiger partial charge in [-0.15, -0.1) is 0 Å². The number of nitrogens with one attached hydrogen (secondary N) is 1. The first-order chi connectivity index (χ1) is 8.89. The number of nitrogen functional groups attached to an aromatic ring is 1. The average Bonchev–Trinajstić information content (AvgIpc) is 2.33. The van der Waals surface area contributed by atoms with Gasteiger partial charge in [-0.05, 0) is 24.3 Å². The molecule has 0 heterocycles. The van der Waals surface area contributed by atoms with E-state index < -0.39 is 11.7 Å². The summed E-state index contributed by atoms with van der Waals surface area (Å²) in [4.78, 5) is 0. The number of hydrogen-bond donors (Lipinski definition) is 2. The van der Waals surface area contributed by atoms with Crippen LogP contribution in [0.2, 0.25) is 5.02 Å². The molecule has 0 radical (unpaired) electrons. The van der Waals surface area contributed by atoms with Crippen molar-refractivity contribution in [3.8, 4) is 0 Å². The molecule has 2 rings (SSSR count). The van der Waals surface area contributed by atoms with E-state index in [1.54, 1.807) is 18.2 Å². The Hall–Kier alpha value is -1.88. The van der Waals surface area contributed by atoms with Crippen molar-refractivity contribution < 1.29 is 13.2 Å². The van der Waals surface area contributed by atoms with Gasteiger partial charge in [-0.3, -0.25) is 0 Å². The third-order valence-corrected chi connectivity index (χ3v) is 2.85. The van der Waals surface area contributed by atoms with Gasteiger partial charge < -0.3 is 11.1 Å². The fourth-order valence-corrected chi connectivity index (χ4v) is 1.88. The Balaban J connectivity index is 2.45. The van der Waals surface area contributed by atoms with E-state index in [1.165, 1.54) is 18.2 Å². The SMILES string of the molecule is Nc1cccc(Cl)c1Nc1ccccc1C(F)(F)F. The standard InChI is InChI=1S/C13H10ClF3N2/c14-9-5-3-6-10(18)12(9)19-11-7-2-1-4-8(11)13(15,16)17/h1-7,19H,18H2. The van der Waals surface area contributed by atoms with Crippen LogP contribution in [0.3, 0.4) is 0 Å². The Morgan fingerprint density at radius 3 is 2.32 bits per heavy atom. The maximum Gasteiger partial charge on any atom is 0.418 e. The smallest absolute Gasteiger partial charge is 0.397 e. The molecule has 0 bridgehead atoms. The van der Waals surface area contributed by atoms with Crippen LogP contribution < -0.4 is 11.1 Å². The number of nitrogens with two attached hydrogens (primary N) is 1. The normalized spacial score (nSPS) is 11.4. The monoisotopic (exact) mass is 286 g/mol. The quantitative estimate of drug-likeness (QED) is 0.786. The highest BCUT2D eigenvalue weighted by atomic mass is 35.5. The first kappa shape index (κ1) is 13.5. The predicted octanol–water partition coefficient (Wildman–Crippen LogP) is 4.68. The van der Waals surface area contributed by atoms with Gasteiger partial charge in [0.25, 0.3) is 0 Å². The summed E-state index contributed by atoms with van der Waals surface area (Å²) in [7, 11) is 0. The third kappa shape index (κ3) is 2.93. The van der Waals surface area contributed by atoms with Gasteiger partial charge in [-0.25, -0.2) is 0 Å². The Kier molecular flexibility index (Phi) is 3.57. The Labute approximate surface area is 113 Å². The lowest BCUT2D eigenvalue weighted by atomic mass is 10.1. The molecule has 19 heavy (non-hydrogen) atoms. The molecule has 2 nitrogen and oxygen atoms in total. The van der Waals surface area contributed by atoms with Gasteiger partial charge in [0.15, 0.2) is 0 Å². The van der Waals surface area contributed by atoms with Crippen LogP contribution in [-0.4, -0.2) is 0 Å². The molecule has 2 aromatic carbocycles. The van der Waals surface area contributed by atoms with Crippen molar-refractivity contribution >= 4 is 28.7 Å². The number of rotatable bonds is 2. The Bertz CT molecular complexity index is 576. The van der Waals surface area contributed by atoms with Crippen molar-refractivity contribution in [2.45, 2.75) is 6.18 Å². The van der Waals surface area contributed by atoms with Crippen LogP contribution in [0.4, 0.5) is 30.2 Å². The number of alkyl halides is 3. The summed E-state index contributed by atoms with van der Waals surface area (Å²) >= 11 is 5.92. The molecule has 0 atom stereocenters. The molecular formula is C13H10ClF3N2. The van der Waals surface area contributed by atoms with Gasteiger partial charge in [0, 0.05) is 0 Å². The maximum atomic E-state index is 12.8. The molecule has 0 aliphatic rings. The van der Waals surface area contributed by atoms with Crippen LogP contribution in [0.5, 0.6) is 0 Å². The predicted molar refractivity (Wildman–Crippen MR) is 70.6 cm³/mol. The van der Waals surface area contributed by atoms with Crippen LogP contribution in [0, 0.1) is 0 Å². The molecule has 0 saturated heterocycles. The van der Waals surface area contributed by atoms with Gasteiger partial charge in [-0.2, -0.15) is 13.2 Å². The zero-order valence-electron chi connectivity index (χ0n) is 9.63. The van der Waals surface area contributed by atoms with Gasteiger partial charge in [0.05, 0.1) is 27.6 Å². The van der Waals surface area contributed by atoms with Crippen LogP contribution >= 0.6 is 11.6 Å². The average molecular weight is 287 g/mol. The van der Waals surface area contributed by atoms with Gasteiger partial charge in [0.2, 0.25) is 0 Å². The fourth-order valence-electron chi connectivity index (χ4n) is 1.65. The molecule has 0 unspecified atom stereocenters. The summed E-state index contributed by atoms with van der Waals surface area (Å²) in [6.07, 6.45) is -4.44. The van der Waals surface area contributed by atoms with E-state index in [0.29, 0.717) is 0 Å². The molecule has 6 heteroatoms. The molecule has 0 aliphatic carbocycles. The van der Waals surface area contributed by atoms with Gasteiger partial charge >= 0.3 is 6.18 Å². The molecule has 0 fully saturated rings. The number of halogens is 4. The van der Waals surface area contributed by atoms with Crippen molar-refractivity contribution in [3.05, 3.63) is 53.1 Å². The largest absolute Gasteiger partial charge is 0.418 e. The summed E-state index contributed by atoms with van der Waals surface area (Å²) in [5, 5.41) is 2.90. The second kappa shape index (κ2) is 5.01. The molecule has 0 saturated carbocycles. The first-order valence-corrected chi connectivity index (χ1v) is 5.74. The number of hydrogen-bond acceptors (Lipinski definition) is 2. The lowest BCUT2D eigenvalue weighted by molar-refractivity contribution is -0.136. The molecule has 0 spiro atoms. The second-order valence-electron chi connectivity index (χ2n) is 3.87. The number of benzene rings is 2. The van der Waals surface area contributed by atoms with Crippen molar-refractivity contribution in [2.75, 3.05) is 11.1 Å². The number of anilines is 3. The van der Waals surface area contributed by atoms with Crippen molar-refractivity contribution in [1.29, 1.82) is 0 Å². The Morgan fingerprint density at radius 2 is 1.68 bits per heavy atom. The highest BCUT2D eigenvalue weighted by Crippen LogP contribution is 2.38. The van der Waals surface area contributed by atoms with Crippen LogP contribution in [0.1, 0.15) is 5.56 Å². The van der Waals surface area contributed by atoms with Crippen LogP contribution in [-0.2, 0) is 6.18 Å².